The topological polar surface area (TPSA) is 116 Å². The van der Waals surface area contributed by atoms with E-state index in [4.69, 9.17) is 4.74 Å². The molecule has 2 atom stereocenters. The van der Waals surface area contributed by atoms with Crippen molar-refractivity contribution in [3.63, 3.8) is 0 Å². The molecule has 0 aliphatic rings. The number of aliphatic hydroxyl groups is 2. The highest BCUT2D eigenvalue weighted by Crippen LogP contribution is 2.32. The lowest BCUT2D eigenvalue weighted by Crippen LogP contribution is -2.41. The monoisotopic (exact) mass is 528 g/mol. The maximum absolute atomic E-state index is 11.8. The average Bonchev–Trinajstić information content (AvgIpc) is 2.96. The van der Waals surface area contributed by atoms with Gasteiger partial charge in [0.25, 0.3) is 0 Å². The first-order valence-corrected chi connectivity index (χ1v) is 12.7. The second kappa shape index (κ2) is 13.5. The minimum atomic E-state index is -1.05. The predicted octanol–water partition coefficient (Wildman–Crippen LogP) is 5.02. The predicted molar refractivity (Wildman–Crippen MR) is 148 cm³/mol. The van der Waals surface area contributed by atoms with Gasteiger partial charge in [-0.3, -0.25) is 15.0 Å². The fraction of sp³-hybridized carbons (Fsp3) is 0.226. The molecule has 3 N–H and O–H groups in total. The quantitative estimate of drug-likeness (QED) is 0.165. The Kier molecular flexibility index (Phi) is 9.64. The van der Waals surface area contributed by atoms with Crippen LogP contribution in [0.1, 0.15) is 28.4 Å². The van der Waals surface area contributed by atoms with Gasteiger partial charge in [0.1, 0.15) is 12.4 Å². The summed E-state index contributed by atoms with van der Waals surface area (Å²) in [5, 5.41) is 43.0. The van der Waals surface area contributed by atoms with E-state index in [1.54, 1.807) is 30.3 Å². The van der Waals surface area contributed by atoms with E-state index in [0.717, 1.165) is 16.7 Å². The number of nitro benzene ring substituents is 1. The van der Waals surface area contributed by atoms with Crippen LogP contribution in [-0.2, 0) is 19.6 Å². The minimum Gasteiger partial charge on any atom is -0.508 e. The molecule has 0 saturated heterocycles. The van der Waals surface area contributed by atoms with Gasteiger partial charge in [0, 0.05) is 25.2 Å². The van der Waals surface area contributed by atoms with E-state index in [0.29, 0.717) is 18.5 Å². The van der Waals surface area contributed by atoms with Crippen LogP contribution in [0.25, 0.3) is 0 Å². The van der Waals surface area contributed by atoms with Gasteiger partial charge in [-0.2, -0.15) is 0 Å². The van der Waals surface area contributed by atoms with Gasteiger partial charge in [0.2, 0.25) is 0 Å². The molecule has 4 aromatic rings. The molecule has 0 fully saturated rings. The largest absolute Gasteiger partial charge is 0.508 e. The van der Waals surface area contributed by atoms with Gasteiger partial charge in [0.05, 0.1) is 17.6 Å². The van der Waals surface area contributed by atoms with Gasteiger partial charge >= 0.3 is 5.69 Å². The van der Waals surface area contributed by atoms with Crippen molar-refractivity contribution in [2.45, 2.75) is 31.7 Å². The van der Waals surface area contributed by atoms with Crippen molar-refractivity contribution in [3.05, 3.63) is 135 Å². The van der Waals surface area contributed by atoms with E-state index in [-0.39, 0.29) is 43.0 Å². The van der Waals surface area contributed by atoms with Crippen LogP contribution in [-0.4, -0.2) is 44.3 Å². The Morgan fingerprint density at radius 2 is 1.49 bits per heavy atom. The standard InChI is InChI=1S/C31H32N2O6/c34-21-27(17-23-11-14-28(35)15-12-23)32(19-24-7-3-1-4-8-24)20-30(36)26-13-16-31(29(18-26)33(37)38)39-22-25-9-5-2-6-10-25/h1-16,18,27,30,34-36H,17,19-22H2/t27-,30+/m0/s1. The van der Waals surface area contributed by atoms with E-state index >= 15 is 0 Å². The molecule has 0 aromatic heterocycles. The van der Waals surface area contributed by atoms with Crippen LogP contribution in [0.15, 0.2) is 103 Å². The van der Waals surface area contributed by atoms with E-state index < -0.39 is 11.0 Å². The van der Waals surface area contributed by atoms with Crippen molar-refractivity contribution in [1.82, 2.24) is 4.90 Å². The zero-order valence-corrected chi connectivity index (χ0v) is 21.5. The van der Waals surface area contributed by atoms with Crippen LogP contribution >= 0.6 is 0 Å². The number of aliphatic hydroxyl groups excluding tert-OH is 2. The normalized spacial score (nSPS) is 12.7. The summed E-state index contributed by atoms with van der Waals surface area (Å²) in [4.78, 5) is 13.3. The third-order valence-electron chi connectivity index (χ3n) is 6.57. The molecule has 0 bridgehead atoms. The molecule has 0 radical (unpaired) electrons. The van der Waals surface area contributed by atoms with Crippen LogP contribution in [0.4, 0.5) is 5.69 Å². The molecule has 39 heavy (non-hydrogen) atoms. The number of phenolic OH excluding ortho intramolecular Hbond substituents is 1. The first-order valence-electron chi connectivity index (χ1n) is 12.7. The highest BCUT2D eigenvalue weighted by Gasteiger charge is 2.25. The zero-order chi connectivity index (χ0) is 27.6. The van der Waals surface area contributed by atoms with E-state index in [2.05, 4.69) is 0 Å². The molecule has 0 aliphatic heterocycles. The lowest BCUT2D eigenvalue weighted by atomic mass is 10.0. The Morgan fingerprint density at radius 3 is 2.10 bits per heavy atom. The smallest absolute Gasteiger partial charge is 0.311 e. The van der Waals surface area contributed by atoms with Crippen LogP contribution in [0.3, 0.4) is 0 Å². The third kappa shape index (κ3) is 7.87. The molecule has 8 heteroatoms. The summed E-state index contributed by atoms with van der Waals surface area (Å²) in [6.45, 7) is 0.623. The number of hydrogen-bond donors (Lipinski definition) is 3. The van der Waals surface area contributed by atoms with Crippen molar-refractivity contribution in [1.29, 1.82) is 0 Å². The van der Waals surface area contributed by atoms with E-state index in [1.165, 1.54) is 12.1 Å². The number of aromatic hydroxyl groups is 1. The summed E-state index contributed by atoms with van der Waals surface area (Å²) >= 11 is 0. The molecule has 8 nitrogen and oxygen atoms in total. The van der Waals surface area contributed by atoms with E-state index in [9.17, 15) is 25.4 Å². The molecule has 0 spiro atoms. The summed E-state index contributed by atoms with van der Waals surface area (Å²) in [5.74, 6) is 0.287. The van der Waals surface area contributed by atoms with Gasteiger partial charge in [-0.25, -0.2) is 0 Å². The third-order valence-corrected chi connectivity index (χ3v) is 6.57. The molecule has 4 rings (SSSR count). The number of hydrogen-bond acceptors (Lipinski definition) is 7. The van der Waals surface area contributed by atoms with Crippen LogP contribution in [0, 0.1) is 10.1 Å². The van der Waals surface area contributed by atoms with Crippen LogP contribution in [0.5, 0.6) is 11.5 Å². The van der Waals surface area contributed by atoms with Gasteiger partial charge in [-0.15, -0.1) is 0 Å². The molecule has 0 heterocycles. The van der Waals surface area contributed by atoms with Crippen LogP contribution in [0.2, 0.25) is 0 Å². The molecule has 4 aromatic carbocycles. The summed E-state index contributed by atoms with van der Waals surface area (Å²) < 4.78 is 5.73. The summed E-state index contributed by atoms with van der Waals surface area (Å²) in [7, 11) is 0. The Balaban J connectivity index is 1.54. The van der Waals surface area contributed by atoms with Crippen molar-refractivity contribution >= 4 is 5.69 Å². The molecule has 0 amide bonds. The first-order chi connectivity index (χ1) is 18.9. The SMILES string of the molecule is O=[N+]([O-])c1cc([C@H](O)CN(Cc2ccccc2)[C@H](CO)Cc2ccc(O)cc2)ccc1OCc1ccccc1. The number of rotatable bonds is 13. The highest BCUT2D eigenvalue weighted by molar-refractivity contribution is 5.49. The first kappa shape index (κ1) is 27.8. The van der Waals surface area contributed by atoms with E-state index in [1.807, 2.05) is 65.6 Å². The molecular formula is C31H32N2O6. The van der Waals surface area contributed by atoms with Gasteiger partial charge < -0.3 is 20.1 Å². The lowest BCUT2D eigenvalue weighted by molar-refractivity contribution is -0.386. The number of nitrogens with zero attached hydrogens (tertiary/aromatic N) is 2. The summed E-state index contributed by atoms with van der Waals surface area (Å²) in [5.41, 5.74) is 2.98. The van der Waals surface area contributed by atoms with Crippen molar-refractivity contribution in [2.75, 3.05) is 13.2 Å². The number of benzene rings is 4. The molecule has 202 valence electrons. The van der Waals surface area contributed by atoms with Crippen LogP contribution < -0.4 is 4.74 Å². The maximum atomic E-state index is 11.8. The van der Waals surface area contributed by atoms with Gasteiger partial charge in [0.15, 0.2) is 5.75 Å². The molecule has 0 saturated carbocycles. The second-order valence-electron chi connectivity index (χ2n) is 9.40. The molecule has 0 aliphatic carbocycles. The Bertz CT molecular complexity index is 1330. The average molecular weight is 529 g/mol. The second-order valence-corrected chi connectivity index (χ2v) is 9.40. The maximum Gasteiger partial charge on any atom is 0.311 e. The molecular weight excluding hydrogens is 496 g/mol. The Morgan fingerprint density at radius 1 is 0.846 bits per heavy atom. The zero-order valence-electron chi connectivity index (χ0n) is 21.5. The van der Waals surface area contributed by atoms with Crippen molar-refractivity contribution in [2.24, 2.45) is 0 Å². The van der Waals surface area contributed by atoms with Crippen molar-refractivity contribution < 1.29 is 25.0 Å². The minimum absolute atomic E-state index is 0.126. The Hall–Kier alpha value is -4.24. The summed E-state index contributed by atoms with van der Waals surface area (Å²) in [6.07, 6.45) is -0.563. The number of ether oxygens (including phenoxy) is 1. The lowest BCUT2D eigenvalue weighted by Gasteiger charge is -2.32. The van der Waals surface area contributed by atoms with Gasteiger partial charge in [-0.05, 0) is 46.9 Å². The fourth-order valence-electron chi connectivity index (χ4n) is 4.44. The fourth-order valence-corrected chi connectivity index (χ4v) is 4.44. The van der Waals surface area contributed by atoms with Crippen molar-refractivity contribution in [3.8, 4) is 11.5 Å². The number of nitro groups is 1. The molecule has 0 unspecified atom stereocenters. The van der Waals surface area contributed by atoms with Gasteiger partial charge in [-0.1, -0.05) is 78.9 Å². The Labute approximate surface area is 227 Å². The summed E-state index contributed by atoms with van der Waals surface area (Å²) in [6, 6.07) is 30.0. The highest BCUT2D eigenvalue weighted by atomic mass is 16.6. The number of phenols is 1.